The van der Waals surface area contributed by atoms with E-state index in [0.29, 0.717) is 6.42 Å². The van der Waals surface area contributed by atoms with Crippen molar-refractivity contribution in [3.05, 3.63) is 53.0 Å². The van der Waals surface area contributed by atoms with E-state index < -0.39 is 6.10 Å². The normalized spacial score (nSPS) is 16.0. The Bertz CT molecular complexity index is 674. The fourth-order valence-electron chi connectivity index (χ4n) is 2.91. The Balaban J connectivity index is 1.96. The third-order valence-corrected chi connectivity index (χ3v) is 4.16. The molecule has 21 heavy (non-hydrogen) atoms. The number of hydrogen-bond acceptors (Lipinski definition) is 3. The first-order valence-corrected chi connectivity index (χ1v) is 7.25. The third-order valence-electron chi connectivity index (χ3n) is 4.16. The van der Waals surface area contributed by atoms with Crippen LogP contribution in [0.3, 0.4) is 0 Å². The Morgan fingerprint density at radius 3 is 2.90 bits per heavy atom. The number of anilines is 1. The van der Waals surface area contributed by atoms with E-state index in [0.717, 1.165) is 41.0 Å². The van der Waals surface area contributed by atoms with Crippen molar-refractivity contribution < 1.29 is 14.3 Å². The van der Waals surface area contributed by atoms with Gasteiger partial charge in [0.15, 0.2) is 0 Å². The molecule has 0 saturated carbocycles. The maximum absolute atomic E-state index is 11.7. The first kappa shape index (κ1) is 13.9. The van der Waals surface area contributed by atoms with Crippen LogP contribution in [0.25, 0.3) is 0 Å². The van der Waals surface area contributed by atoms with Gasteiger partial charge in [-0.25, -0.2) is 0 Å². The number of carbonyl (C=O) groups excluding carboxylic acids is 1. The van der Waals surface area contributed by atoms with Gasteiger partial charge in [-0.1, -0.05) is 19.1 Å². The molecule has 1 atom stereocenters. The van der Waals surface area contributed by atoms with Gasteiger partial charge in [-0.3, -0.25) is 4.79 Å². The molecule has 4 heteroatoms. The number of carbonyl (C=O) groups is 1. The lowest BCUT2D eigenvalue weighted by Crippen LogP contribution is -2.31. The monoisotopic (exact) mass is 285 g/mol. The van der Waals surface area contributed by atoms with Gasteiger partial charge < -0.3 is 14.4 Å². The topological polar surface area (TPSA) is 53.7 Å². The lowest BCUT2D eigenvalue weighted by Gasteiger charge is -2.26. The first-order chi connectivity index (χ1) is 10.1. The lowest BCUT2D eigenvalue weighted by atomic mass is 9.94. The zero-order chi connectivity index (χ0) is 15.0. The Morgan fingerprint density at radius 2 is 2.14 bits per heavy atom. The predicted molar refractivity (Wildman–Crippen MR) is 80.3 cm³/mol. The molecular formula is C17H19NO3. The zero-order valence-electron chi connectivity index (χ0n) is 12.3. The number of fused-ring (bicyclic) bond motifs is 1. The fraction of sp³-hybridized carbons (Fsp3) is 0.353. The van der Waals surface area contributed by atoms with Crippen LogP contribution < -0.4 is 4.90 Å². The Labute approximate surface area is 124 Å². The number of aryl methyl sites for hydroxylation is 2. The molecule has 4 nitrogen and oxygen atoms in total. The quantitative estimate of drug-likeness (QED) is 0.943. The van der Waals surface area contributed by atoms with Gasteiger partial charge in [-0.15, -0.1) is 0 Å². The highest BCUT2D eigenvalue weighted by Crippen LogP contribution is 2.32. The third kappa shape index (κ3) is 2.36. The van der Waals surface area contributed by atoms with E-state index in [1.54, 1.807) is 18.2 Å². The van der Waals surface area contributed by atoms with Crippen LogP contribution in [0.2, 0.25) is 0 Å². The minimum Gasteiger partial charge on any atom is -0.469 e. The number of benzene rings is 1. The zero-order valence-corrected chi connectivity index (χ0v) is 12.3. The van der Waals surface area contributed by atoms with Crippen LogP contribution >= 0.6 is 0 Å². The molecule has 1 aliphatic heterocycles. The van der Waals surface area contributed by atoms with Crippen molar-refractivity contribution in [2.75, 3.05) is 11.9 Å². The van der Waals surface area contributed by atoms with E-state index in [2.05, 4.69) is 0 Å². The maximum Gasteiger partial charge on any atom is 0.227 e. The van der Waals surface area contributed by atoms with Crippen LogP contribution in [0.5, 0.6) is 0 Å². The van der Waals surface area contributed by atoms with Gasteiger partial charge in [0.05, 0.1) is 6.26 Å². The molecule has 0 bridgehead atoms. The molecule has 0 aliphatic carbocycles. The fourth-order valence-corrected chi connectivity index (χ4v) is 2.91. The molecule has 1 aromatic heterocycles. The second-order valence-electron chi connectivity index (χ2n) is 5.40. The summed E-state index contributed by atoms with van der Waals surface area (Å²) in [5.74, 6) is 0.950. The smallest absolute Gasteiger partial charge is 0.227 e. The highest BCUT2D eigenvalue weighted by atomic mass is 16.3. The highest BCUT2D eigenvalue weighted by molar-refractivity contribution is 5.95. The summed E-state index contributed by atoms with van der Waals surface area (Å²) in [5, 5.41) is 10.6. The molecule has 0 saturated heterocycles. The minimum atomic E-state index is -0.688. The number of nitrogens with zero attached hydrogens (tertiary/aromatic N) is 1. The number of aliphatic hydroxyl groups is 1. The van der Waals surface area contributed by atoms with Crippen molar-refractivity contribution in [3.8, 4) is 0 Å². The van der Waals surface area contributed by atoms with E-state index >= 15 is 0 Å². The van der Waals surface area contributed by atoms with E-state index in [1.165, 1.54) is 0 Å². The van der Waals surface area contributed by atoms with Crippen molar-refractivity contribution >= 4 is 11.6 Å². The maximum atomic E-state index is 11.7. The Hall–Kier alpha value is -2.07. The first-order valence-electron chi connectivity index (χ1n) is 7.25. The average molecular weight is 285 g/mol. The molecule has 0 spiro atoms. The van der Waals surface area contributed by atoms with Crippen LogP contribution in [-0.4, -0.2) is 18.1 Å². The number of rotatable bonds is 3. The molecule has 3 rings (SSSR count). The van der Waals surface area contributed by atoms with Gasteiger partial charge in [0.25, 0.3) is 0 Å². The number of furan rings is 1. The molecule has 1 amide bonds. The van der Waals surface area contributed by atoms with Crippen molar-refractivity contribution in [2.24, 2.45) is 0 Å². The van der Waals surface area contributed by atoms with Crippen LogP contribution in [0.1, 0.15) is 41.9 Å². The molecule has 1 unspecified atom stereocenters. The standard InChI is InChI=1S/C17H19NO3/c1-3-15-13(8-9-21-15)17(20)12-4-6-14-11(10-12)5-7-16(19)18(14)2/h4,6,8-10,17,20H,3,5,7H2,1-2H3. The molecule has 1 aromatic carbocycles. The summed E-state index contributed by atoms with van der Waals surface area (Å²) in [6, 6.07) is 7.61. The molecule has 0 radical (unpaired) electrons. The van der Waals surface area contributed by atoms with Gasteiger partial charge in [0, 0.05) is 31.1 Å². The number of hydrogen-bond donors (Lipinski definition) is 1. The van der Waals surface area contributed by atoms with Crippen molar-refractivity contribution in [1.82, 2.24) is 0 Å². The van der Waals surface area contributed by atoms with E-state index in [-0.39, 0.29) is 5.91 Å². The van der Waals surface area contributed by atoms with Gasteiger partial charge >= 0.3 is 0 Å². The SMILES string of the molecule is CCc1occc1C(O)c1ccc2c(c1)CCC(=O)N2C. The van der Waals surface area contributed by atoms with Crippen LogP contribution in [0, 0.1) is 0 Å². The lowest BCUT2D eigenvalue weighted by molar-refractivity contribution is -0.118. The molecule has 1 N–H and O–H groups in total. The largest absolute Gasteiger partial charge is 0.469 e. The molecule has 110 valence electrons. The van der Waals surface area contributed by atoms with Crippen LogP contribution in [0.4, 0.5) is 5.69 Å². The second kappa shape index (κ2) is 5.37. The molecule has 2 heterocycles. The van der Waals surface area contributed by atoms with Gasteiger partial charge in [0.2, 0.25) is 5.91 Å². The van der Waals surface area contributed by atoms with Crippen molar-refractivity contribution in [3.63, 3.8) is 0 Å². The predicted octanol–water partition coefficient (Wildman–Crippen LogP) is 2.83. The summed E-state index contributed by atoms with van der Waals surface area (Å²) < 4.78 is 5.39. The molecule has 0 fully saturated rings. The number of aliphatic hydroxyl groups excluding tert-OH is 1. The number of amides is 1. The Kier molecular flexibility index (Phi) is 3.55. The van der Waals surface area contributed by atoms with Crippen molar-refractivity contribution in [2.45, 2.75) is 32.3 Å². The summed E-state index contributed by atoms with van der Waals surface area (Å²) in [4.78, 5) is 13.4. The minimum absolute atomic E-state index is 0.138. The van der Waals surface area contributed by atoms with Gasteiger partial charge in [-0.05, 0) is 29.7 Å². The highest BCUT2D eigenvalue weighted by Gasteiger charge is 2.23. The van der Waals surface area contributed by atoms with Crippen molar-refractivity contribution in [1.29, 1.82) is 0 Å². The van der Waals surface area contributed by atoms with E-state index in [4.69, 9.17) is 4.42 Å². The average Bonchev–Trinajstić information content (AvgIpc) is 2.98. The summed E-state index contributed by atoms with van der Waals surface area (Å²) in [7, 11) is 1.79. The van der Waals surface area contributed by atoms with E-state index in [1.807, 2.05) is 31.2 Å². The van der Waals surface area contributed by atoms with Crippen LogP contribution in [-0.2, 0) is 17.6 Å². The second-order valence-corrected chi connectivity index (χ2v) is 5.40. The summed E-state index contributed by atoms with van der Waals surface area (Å²) >= 11 is 0. The summed E-state index contributed by atoms with van der Waals surface area (Å²) in [6.45, 7) is 2.00. The molecule has 1 aliphatic rings. The van der Waals surface area contributed by atoms with Gasteiger partial charge in [-0.2, -0.15) is 0 Å². The Morgan fingerprint density at radius 1 is 1.33 bits per heavy atom. The molecule has 2 aromatic rings. The summed E-state index contributed by atoms with van der Waals surface area (Å²) in [6.07, 6.45) is 2.93. The summed E-state index contributed by atoms with van der Waals surface area (Å²) in [5.41, 5.74) is 3.70. The molecular weight excluding hydrogens is 266 g/mol. The van der Waals surface area contributed by atoms with E-state index in [9.17, 15) is 9.90 Å². The van der Waals surface area contributed by atoms with Gasteiger partial charge in [0.1, 0.15) is 11.9 Å². The van der Waals surface area contributed by atoms with Crippen LogP contribution in [0.15, 0.2) is 34.9 Å².